The lowest BCUT2D eigenvalue weighted by Gasteiger charge is -2.20. The number of phosphoric ester groups is 1. The van der Waals surface area contributed by atoms with Crippen molar-refractivity contribution in [2.45, 2.75) is 129 Å². The van der Waals surface area contributed by atoms with Gasteiger partial charge in [-0.25, -0.2) is 4.57 Å². The average Bonchev–Trinajstić information content (AvgIpc) is 3.25. The number of carboxylic acids is 1. The van der Waals surface area contributed by atoms with Crippen molar-refractivity contribution < 1.29 is 47.5 Å². The molecular formula is C50H74NO10P. The summed E-state index contributed by atoms with van der Waals surface area (Å²) in [7, 11) is -4.77. The summed E-state index contributed by atoms with van der Waals surface area (Å²) in [5, 5.41) is 8.89. The van der Waals surface area contributed by atoms with Crippen LogP contribution in [0.15, 0.2) is 146 Å². The number of esters is 2. The zero-order chi connectivity index (χ0) is 45.6. The number of hydrogen-bond donors (Lipinski definition) is 3. The van der Waals surface area contributed by atoms with Crippen molar-refractivity contribution in [2.24, 2.45) is 5.73 Å². The van der Waals surface area contributed by atoms with Crippen LogP contribution in [-0.4, -0.2) is 59.9 Å². The standard InChI is InChI=1S/C50H74NO10P/c1-3-5-7-9-11-13-15-17-19-21-23-25-27-29-31-33-35-37-39-41-48(52)58-43-46(44-59-62(56,57)60-45-47(51)50(54)55)61-49(53)42-40-38-36-34-32-30-28-26-24-22-20-18-16-14-12-10-8-6-4-2/h5-8,11-14,17-20,23-26,29-32,35-38,46-47H,3-4,9-10,15-16,21-22,27-28,33-34,39-45,51H2,1-2H3,(H,54,55)(H,56,57)/b7-5+,8-6+,13-11+,14-12+,19-17+,20-18+,25-23+,26-24+,31-29+,32-30+,37-35+,38-36+/t46-,47+/m1/s1. The third-order valence-electron chi connectivity index (χ3n) is 8.11. The molecule has 0 aromatic carbocycles. The molecule has 1 unspecified atom stereocenters. The van der Waals surface area contributed by atoms with Crippen molar-refractivity contribution in [2.75, 3.05) is 19.8 Å². The SMILES string of the molecule is CC/C=C/C/C=C/C/C=C/C/C=C/C/C=C/C/C=C/CCC(=O)OC[C@H](COP(=O)(O)OC[C@H](N)C(=O)O)OC(=O)CC/C=C/C/C=C/C/C=C/C/C=C/C/C=C/C/C=C/CC. The summed E-state index contributed by atoms with van der Waals surface area (Å²) in [4.78, 5) is 45.9. The Morgan fingerprint density at radius 3 is 1.13 bits per heavy atom. The number of rotatable bonds is 38. The molecule has 0 fully saturated rings. The Kier molecular flexibility index (Phi) is 39.8. The largest absolute Gasteiger partial charge is 0.480 e. The van der Waals surface area contributed by atoms with E-state index in [0.29, 0.717) is 19.3 Å². The van der Waals surface area contributed by atoms with E-state index in [-0.39, 0.29) is 12.8 Å². The quantitative estimate of drug-likeness (QED) is 0.0306. The molecule has 0 heterocycles. The Morgan fingerprint density at radius 2 is 0.790 bits per heavy atom. The van der Waals surface area contributed by atoms with Crippen LogP contribution in [0.4, 0.5) is 0 Å². The zero-order valence-electron chi connectivity index (χ0n) is 37.1. The fourth-order valence-electron chi connectivity index (χ4n) is 4.76. The number of phosphoric acid groups is 1. The van der Waals surface area contributed by atoms with E-state index < -0.39 is 57.7 Å². The number of carbonyl (C=O) groups is 3. The average molecular weight is 880 g/mol. The van der Waals surface area contributed by atoms with E-state index in [1.807, 2.05) is 36.5 Å². The lowest BCUT2D eigenvalue weighted by molar-refractivity contribution is -0.161. The minimum atomic E-state index is -4.77. The highest BCUT2D eigenvalue weighted by molar-refractivity contribution is 7.47. The van der Waals surface area contributed by atoms with Crippen LogP contribution < -0.4 is 5.73 Å². The van der Waals surface area contributed by atoms with Crippen LogP contribution in [0.25, 0.3) is 0 Å². The predicted molar refractivity (Wildman–Crippen MR) is 253 cm³/mol. The van der Waals surface area contributed by atoms with E-state index in [0.717, 1.165) is 70.6 Å². The molecule has 0 aliphatic rings. The number of nitrogens with two attached hydrogens (primary N) is 1. The highest BCUT2D eigenvalue weighted by atomic mass is 31.2. The van der Waals surface area contributed by atoms with Gasteiger partial charge in [-0.15, -0.1) is 0 Å². The van der Waals surface area contributed by atoms with Gasteiger partial charge in [0.2, 0.25) is 0 Å². The van der Waals surface area contributed by atoms with E-state index >= 15 is 0 Å². The van der Waals surface area contributed by atoms with Crippen LogP contribution in [0.5, 0.6) is 0 Å². The lowest BCUT2D eigenvalue weighted by Crippen LogP contribution is -2.34. The lowest BCUT2D eigenvalue weighted by atomic mass is 10.2. The minimum Gasteiger partial charge on any atom is -0.480 e. The summed E-state index contributed by atoms with van der Waals surface area (Å²) in [6.45, 7) is 2.39. The molecule has 0 aromatic rings. The number of allylic oxidation sites excluding steroid dienone is 24. The molecule has 62 heavy (non-hydrogen) atoms. The maximum atomic E-state index is 12.6. The molecule has 0 aromatic heterocycles. The van der Waals surface area contributed by atoms with E-state index in [1.54, 1.807) is 0 Å². The molecule has 0 spiro atoms. The van der Waals surface area contributed by atoms with E-state index in [2.05, 4.69) is 128 Å². The van der Waals surface area contributed by atoms with Gasteiger partial charge in [-0.05, 0) is 89.9 Å². The minimum absolute atomic E-state index is 0.00997. The first-order valence-electron chi connectivity index (χ1n) is 21.9. The fourth-order valence-corrected chi connectivity index (χ4v) is 5.54. The topological polar surface area (TPSA) is 172 Å². The first-order valence-corrected chi connectivity index (χ1v) is 23.4. The number of ether oxygens (including phenoxy) is 2. The molecule has 0 bridgehead atoms. The van der Waals surface area contributed by atoms with Gasteiger partial charge in [0.05, 0.1) is 13.2 Å². The summed E-state index contributed by atoms with van der Waals surface area (Å²) in [5.74, 6) is -2.62. The van der Waals surface area contributed by atoms with Gasteiger partial charge in [-0.2, -0.15) is 0 Å². The zero-order valence-corrected chi connectivity index (χ0v) is 38.0. The van der Waals surface area contributed by atoms with Crippen molar-refractivity contribution in [1.29, 1.82) is 0 Å². The summed E-state index contributed by atoms with van der Waals surface area (Å²) >= 11 is 0. The molecule has 0 radical (unpaired) electrons. The maximum absolute atomic E-state index is 12.6. The van der Waals surface area contributed by atoms with Crippen LogP contribution in [0.2, 0.25) is 0 Å². The number of hydrogen-bond acceptors (Lipinski definition) is 9. The number of carboxylic acid groups (broad SMARTS) is 1. The normalized spacial score (nSPS) is 15.0. The van der Waals surface area contributed by atoms with Crippen LogP contribution in [0.1, 0.15) is 117 Å². The fraction of sp³-hybridized carbons (Fsp3) is 0.460. The summed E-state index contributed by atoms with van der Waals surface area (Å²) in [6, 6.07) is -1.55. The second-order valence-electron chi connectivity index (χ2n) is 13.7. The molecule has 344 valence electrons. The molecule has 3 atom stereocenters. The molecule has 12 heteroatoms. The number of aliphatic carboxylic acids is 1. The van der Waals surface area contributed by atoms with Crippen molar-refractivity contribution in [3.05, 3.63) is 146 Å². The van der Waals surface area contributed by atoms with Gasteiger partial charge < -0.3 is 25.2 Å². The third kappa shape index (κ3) is 42.1. The molecule has 0 amide bonds. The van der Waals surface area contributed by atoms with Crippen molar-refractivity contribution in [3.8, 4) is 0 Å². The Balaban J connectivity index is 4.64. The van der Waals surface area contributed by atoms with Gasteiger partial charge in [0, 0.05) is 12.8 Å². The molecule has 0 aliphatic heterocycles. The van der Waals surface area contributed by atoms with Gasteiger partial charge >= 0.3 is 25.7 Å². The third-order valence-corrected chi connectivity index (χ3v) is 9.06. The van der Waals surface area contributed by atoms with Crippen LogP contribution in [0.3, 0.4) is 0 Å². The summed E-state index contributed by atoms with van der Waals surface area (Å²) in [6.07, 6.45) is 60.9. The van der Waals surface area contributed by atoms with E-state index in [1.165, 1.54) is 0 Å². The molecule has 4 N–H and O–H groups in total. The van der Waals surface area contributed by atoms with Crippen LogP contribution >= 0.6 is 7.82 Å². The van der Waals surface area contributed by atoms with Gasteiger partial charge in [-0.1, -0.05) is 160 Å². The second kappa shape index (κ2) is 43.0. The van der Waals surface area contributed by atoms with Gasteiger partial charge in [0.15, 0.2) is 6.10 Å². The highest BCUT2D eigenvalue weighted by Gasteiger charge is 2.28. The van der Waals surface area contributed by atoms with Gasteiger partial charge in [0.25, 0.3) is 0 Å². The maximum Gasteiger partial charge on any atom is 0.472 e. The Bertz CT molecular complexity index is 1600. The Hall–Kier alpha value is -4.64. The molecule has 0 aliphatic carbocycles. The van der Waals surface area contributed by atoms with Gasteiger partial charge in [-0.3, -0.25) is 23.4 Å². The summed E-state index contributed by atoms with van der Waals surface area (Å²) < 4.78 is 32.5. The molecule has 0 saturated carbocycles. The Morgan fingerprint density at radius 1 is 0.484 bits per heavy atom. The highest BCUT2D eigenvalue weighted by Crippen LogP contribution is 2.43. The molecule has 0 saturated heterocycles. The first-order chi connectivity index (χ1) is 30.1. The monoisotopic (exact) mass is 880 g/mol. The van der Waals surface area contributed by atoms with Crippen LogP contribution in [-0.2, 0) is 37.5 Å². The van der Waals surface area contributed by atoms with Crippen molar-refractivity contribution >= 4 is 25.7 Å². The predicted octanol–water partition coefficient (Wildman–Crippen LogP) is 11.9. The first kappa shape index (κ1) is 57.4. The smallest absolute Gasteiger partial charge is 0.472 e. The van der Waals surface area contributed by atoms with E-state index in [9.17, 15) is 23.8 Å². The molecule has 11 nitrogen and oxygen atoms in total. The van der Waals surface area contributed by atoms with Crippen molar-refractivity contribution in [1.82, 2.24) is 0 Å². The van der Waals surface area contributed by atoms with Gasteiger partial charge in [0.1, 0.15) is 12.6 Å². The van der Waals surface area contributed by atoms with Crippen LogP contribution in [0, 0.1) is 0 Å². The molecule has 0 rings (SSSR count). The van der Waals surface area contributed by atoms with E-state index in [4.69, 9.17) is 24.8 Å². The Labute approximate surface area is 372 Å². The second-order valence-corrected chi connectivity index (χ2v) is 15.2. The molecular weight excluding hydrogens is 806 g/mol. The number of carbonyl (C=O) groups excluding carboxylic acids is 2. The van der Waals surface area contributed by atoms with Crippen molar-refractivity contribution in [3.63, 3.8) is 0 Å². The summed E-state index contributed by atoms with van der Waals surface area (Å²) in [5.41, 5.74) is 5.32.